The van der Waals surface area contributed by atoms with Gasteiger partial charge in [0.15, 0.2) is 0 Å². The van der Waals surface area contributed by atoms with Crippen LogP contribution in [0.4, 0.5) is 0 Å². The summed E-state index contributed by atoms with van der Waals surface area (Å²) < 4.78 is 0. The Kier molecular flexibility index (Phi) is 13.6. The van der Waals surface area contributed by atoms with Gasteiger partial charge >= 0.3 is 0 Å². The minimum Gasteiger partial charge on any atom is -0.343 e. The molecule has 0 aliphatic carbocycles. The third kappa shape index (κ3) is 10.5. The summed E-state index contributed by atoms with van der Waals surface area (Å²) in [4.78, 5) is 83.9. The topological polar surface area (TPSA) is 166 Å². The van der Waals surface area contributed by atoms with Gasteiger partial charge in [-0.3, -0.25) is 28.8 Å². The molecule has 2 aromatic carbocycles. The van der Waals surface area contributed by atoms with Gasteiger partial charge < -0.3 is 31.5 Å². The van der Waals surface area contributed by atoms with Crippen molar-refractivity contribution in [1.82, 2.24) is 31.5 Å². The Morgan fingerprint density at radius 1 is 0.694 bits per heavy atom. The number of carbonyl (C=O) groups is 6. The second-order valence-corrected chi connectivity index (χ2v) is 14.1. The molecule has 0 radical (unpaired) electrons. The second kappa shape index (κ2) is 17.8. The quantitative estimate of drug-likeness (QED) is 0.265. The molecule has 4 rings (SSSR count). The van der Waals surface area contributed by atoms with Crippen LogP contribution in [-0.4, -0.2) is 95.1 Å². The summed E-state index contributed by atoms with van der Waals surface area (Å²) in [7, 11) is 0. The number of hydrogen-bond acceptors (Lipinski definition) is 7. The Balaban J connectivity index is 1.70. The number of fused-ring (bicyclic) bond motifs is 2. The molecule has 0 saturated carbocycles. The lowest BCUT2D eigenvalue weighted by atomic mass is 10.0. The molecular weight excluding hydrogens is 644 g/mol. The molecule has 0 aromatic heterocycles. The maximum Gasteiger partial charge on any atom is 0.245 e. The van der Waals surface area contributed by atoms with Crippen molar-refractivity contribution in [3.8, 4) is 0 Å². The lowest BCUT2D eigenvalue weighted by Crippen LogP contribution is -2.60. The largest absolute Gasteiger partial charge is 0.343 e. The van der Waals surface area contributed by atoms with Crippen molar-refractivity contribution in [1.29, 1.82) is 0 Å². The van der Waals surface area contributed by atoms with E-state index in [0.717, 1.165) is 11.1 Å². The highest BCUT2D eigenvalue weighted by Crippen LogP contribution is 2.21. The third-order valence-electron chi connectivity index (χ3n) is 8.76. The Morgan fingerprint density at radius 3 is 1.76 bits per heavy atom. The molecule has 2 fully saturated rings. The van der Waals surface area contributed by atoms with E-state index >= 15 is 0 Å². The molecule has 0 unspecified atom stereocenters. The van der Waals surface area contributed by atoms with Crippen molar-refractivity contribution in [2.75, 3.05) is 18.6 Å². The van der Waals surface area contributed by atoms with Crippen LogP contribution in [0, 0.1) is 5.92 Å². The highest BCUT2D eigenvalue weighted by Gasteiger charge is 2.42. The number of thioether (sulfide) groups is 1. The molecule has 0 spiro atoms. The third-order valence-corrected chi connectivity index (χ3v) is 9.40. The molecule has 2 aromatic rings. The predicted octanol–water partition coefficient (Wildman–Crippen LogP) is 1.33. The van der Waals surface area contributed by atoms with E-state index in [-0.39, 0.29) is 31.7 Å². The molecular formula is C36H48N6O6S. The zero-order chi connectivity index (χ0) is 35.5. The fourth-order valence-corrected chi connectivity index (χ4v) is 6.55. The first-order valence-corrected chi connectivity index (χ1v) is 18.2. The first-order chi connectivity index (χ1) is 23.5. The van der Waals surface area contributed by atoms with Crippen LogP contribution in [0.15, 0.2) is 60.7 Å². The number of hydrogen-bond donors (Lipinski definition) is 5. The summed E-state index contributed by atoms with van der Waals surface area (Å²) in [5.41, 5.74) is 1.56. The molecule has 6 amide bonds. The molecule has 264 valence electrons. The van der Waals surface area contributed by atoms with Crippen molar-refractivity contribution in [3.63, 3.8) is 0 Å². The van der Waals surface area contributed by atoms with E-state index in [4.69, 9.17) is 0 Å². The maximum atomic E-state index is 13.9. The number of benzene rings is 2. The van der Waals surface area contributed by atoms with Crippen molar-refractivity contribution in [2.45, 2.75) is 89.1 Å². The van der Waals surface area contributed by atoms with Gasteiger partial charge in [0.25, 0.3) is 0 Å². The average Bonchev–Trinajstić information content (AvgIpc) is 3.43. The summed E-state index contributed by atoms with van der Waals surface area (Å²) in [6, 6.07) is 12.4. The van der Waals surface area contributed by atoms with Crippen molar-refractivity contribution >= 4 is 47.2 Å². The standard InChI is InChI=1S/C36H48N6O6S/c1-22(2)19-30-35(47)38-26(16-18-49-4)32(44)37-23(3)31(43)40-28(20-24-11-7-5-8-12-24)34(46)41-29(21-25-13-9-6-10-14-25)33(45)39-27-15-17-42(30)36(27)48/h5-14,22-23,26-30H,15-21H2,1-4H3,(H,37,44)(H,38,47)(H,39,45)(H,40,43)(H,41,46)/t23-,26+,27-,28+,29+,30+/m1/s1. The fourth-order valence-electron chi connectivity index (χ4n) is 6.08. The monoisotopic (exact) mass is 692 g/mol. The number of nitrogens with zero attached hydrogens (tertiary/aromatic N) is 1. The number of amides is 6. The van der Waals surface area contributed by atoms with Gasteiger partial charge in [0.1, 0.15) is 36.3 Å². The molecule has 2 heterocycles. The van der Waals surface area contributed by atoms with Gasteiger partial charge in [-0.2, -0.15) is 11.8 Å². The maximum absolute atomic E-state index is 13.9. The molecule has 2 aliphatic heterocycles. The van der Waals surface area contributed by atoms with Gasteiger partial charge in [-0.15, -0.1) is 0 Å². The Morgan fingerprint density at radius 2 is 1.20 bits per heavy atom. The van der Waals surface area contributed by atoms with Crippen LogP contribution >= 0.6 is 11.8 Å². The molecule has 5 N–H and O–H groups in total. The zero-order valence-electron chi connectivity index (χ0n) is 28.6. The summed E-state index contributed by atoms with van der Waals surface area (Å²) >= 11 is 1.51. The van der Waals surface area contributed by atoms with Crippen LogP contribution in [0.25, 0.3) is 0 Å². The van der Waals surface area contributed by atoms with Crippen LogP contribution < -0.4 is 26.6 Å². The molecule has 2 bridgehead atoms. The van der Waals surface area contributed by atoms with Crippen LogP contribution in [0.2, 0.25) is 0 Å². The lowest BCUT2D eigenvalue weighted by molar-refractivity contribution is -0.141. The van der Waals surface area contributed by atoms with Crippen LogP contribution in [0.1, 0.15) is 51.2 Å². The smallest absolute Gasteiger partial charge is 0.245 e. The SMILES string of the molecule is CSCC[C@@H]1NC(=O)[C@H](CC(C)C)N2CC[C@@H](NC(=O)[C@H](Cc3ccccc3)NC(=O)[C@H](Cc3ccccc3)NC(=O)[C@@H](C)NC1=O)C2=O. The van der Waals surface area contributed by atoms with Gasteiger partial charge in [-0.25, -0.2) is 0 Å². The first-order valence-electron chi connectivity index (χ1n) is 16.9. The first kappa shape index (κ1) is 37.4. The number of rotatable bonds is 9. The van der Waals surface area contributed by atoms with E-state index < -0.39 is 71.7 Å². The Labute approximate surface area is 292 Å². The highest BCUT2D eigenvalue weighted by atomic mass is 32.2. The van der Waals surface area contributed by atoms with Gasteiger partial charge in [0, 0.05) is 19.4 Å². The van der Waals surface area contributed by atoms with Crippen molar-refractivity contribution in [2.24, 2.45) is 5.92 Å². The lowest BCUT2D eigenvalue weighted by Gasteiger charge is -2.31. The van der Waals surface area contributed by atoms with E-state index in [1.54, 1.807) is 0 Å². The zero-order valence-corrected chi connectivity index (χ0v) is 29.4. The van der Waals surface area contributed by atoms with Gasteiger partial charge in [-0.05, 0) is 55.2 Å². The summed E-state index contributed by atoms with van der Waals surface area (Å²) in [5.74, 6) is -2.53. The minimum absolute atomic E-state index is 0.0477. The van der Waals surface area contributed by atoms with E-state index in [9.17, 15) is 28.8 Å². The van der Waals surface area contributed by atoms with Crippen molar-refractivity contribution < 1.29 is 28.8 Å². The van der Waals surface area contributed by atoms with E-state index in [2.05, 4.69) is 26.6 Å². The molecule has 2 saturated heterocycles. The molecule has 49 heavy (non-hydrogen) atoms. The Bertz CT molecular complexity index is 1470. The second-order valence-electron chi connectivity index (χ2n) is 13.1. The minimum atomic E-state index is -1.09. The van der Waals surface area contributed by atoms with E-state index in [1.165, 1.54) is 23.6 Å². The number of nitrogens with one attached hydrogen (secondary N) is 5. The number of carbonyl (C=O) groups excluding carboxylic acids is 6. The summed E-state index contributed by atoms with van der Waals surface area (Å²) in [5, 5.41) is 14.0. The van der Waals surface area contributed by atoms with Crippen LogP contribution in [0.5, 0.6) is 0 Å². The molecule has 13 heteroatoms. The fraction of sp³-hybridized carbons (Fsp3) is 0.500. The molecule has 12 nitrogen and oxygen atoms in total. The summed E-state index contributed by atoms with van der Waals surface area (Å²) in [6.45, 7) is 5.63. The van der Waals surface area contributed by atoms with E-state index in [0.29, 0.717) is 18.6 Å². The van der Waals surface area contributed by atoms with Crippen molar-refractivity contribution in [3.05, 3.63) is 71.8 Å². The van der Waals surface area contributed by atoms with Gasteiger partial charge in [-0.1, -0.05) is 74.5 Å². The average molecular weight is 693 g/mol. The van der Waals surface area contributed by atoms with Gasteiger partial charge in [0.05, 0.1) is 0 Å². The van der Waals surface area contributed by atoms with Crippen LogP contribution in [0.3, 0.4) is 0 Å². The predicted molar refractivity (Wildman–Crippen MR) is 188 cm³/mol. The highest BCUT2D eigenvalue weighted by molar-refractivity contribution is 7.98. The molecule has 6 atom stereocenters. The Hall–Kier alpha value is -4.39. The van der Waals surface area contributed by atoms with Crippen LogP contribution in [-0.2, 0) is 41.6 Å². The van der Waals surface area contributed by atoms with Gasteiger partial charge in [0.2, 0.25) is 35.4 Å². The molecule has 2 aliphatic rings. The normalized spacial score (nSPS) is 25.9. The summed E-state index contributed by atoms with van der Waals surface area (Å²) in [6.07, 6.45) is 3.08. The van der Waals surface area contributed by atoms with E-state index in [1.807, 2.05) is 80.8 Å².